The first-order valence-electron chi connectivity index (χ1n) is 45.2. The van der Waals surface area contributed by atoms with E-state index in [1.807, 2.05) is 0 Å². The fourth-order valence-corrected chi connectivity index (χ4v) is 12.6. The van der Waals surface area contributed by atoms with Gasteiger partial charge in [-0.2, -0.15) is 0 Å². The largest absolute Gasteiger partial charge is 0.412 e. The summed E-state index contributed by atoms with van der Waals surface area (Å²) in [6, 6.07) is 0. The van der Waals surface area contributed by atoms with E-state index in [1.165, 1.54) is 161 Å². The molecule has 0 aliphatic carbocycles. The molecule has 0 radical (unpaired) electrons. The number of fused-ring (bicyclic) bond motifs is 6. The topological polar surface area (TPSA) is 514 Å². The molecule has 0 spiro atoms. The van der Waals surface area contributed by atoms with Gasteiger partial charge in [0, 0.05) is 157 Å². The summed E-state index contributed by atoms with van der Waals surface area (Å²) in [6.07, 6.45) is -7.33. The van der Waals surface area contributed by atoms with Gasteiger partial charge in [0.1, 0.15) is 22.8 Å². The molecule has 0 saturated heterocycles. The summed E-state index contributed by atoms with van der Waals surface area (Å²) < 4.78 is 129. The number of ketones is 3. The number of nitrogens with zero attached hydrogens (tertiary/aromatic N) is 24. The lowest BCUT2D eigenvalue weighted by atomic mass is 10.2. The predicted octanol–water partition coefficient (Wildman–Crippen LogP) is -0.291. The average Bonchev–Trinajstić information content (AvgIpc) is 1.95. The third kappa shape index (κ3) is 23.2. The number of hydrogen-bond donors (Lipinski definition) is 3. The molecule has 0 fully saturated rings. The molecule has 0 aliphatic heterocycles. The van der Waals surface area contributed by atoms with E-state index in [-0.39, 0.29) is 189 Å². The number of aliphatic hydroxyl groups is 3. The minimum absolute atomic E-state index is 0. The standard InChI is InChI=1S/3C13H20N4O3.3C13H18N4O3.H2O/c6*1-9(18)6-4-5-7-17-12(19)10-11(14-8-15(10)2)16(3)13(17)20;/h3*8-9,18H,4-7H2,1-3H3;3*8H,4-7H2,1-3H3;1H2/t3*9-;;;;/m000..../s1/i2*6D2,8D;6D2;2*6D2,8D;;. The highest BCUT2D eigenvalue weighted by atomic mass is 16.3. The van der Waals surface area contributed by atoms with Gasteiger partial charge >= 0.3 is 34.1 Å². The van der Waals surface area contributed by atoms with Crippen molar-refractivity contribution in [2.24, 2.45) is 84.6 Å². The Morgan fingerprint density at radius 2 is 0.496 bits per heavy atom. The summed E-state index contributed by atoms with van der Waals surface area (Å²) >= 11 is 0. The Morgan fingerprint density at radius 1 is 0.306 bits per heavy atom. The second kappa shape index (κ2) is 43.6. The van der Waals surface area contributed by atoms with E-state index >= 15 is 0 Å². The maximum Gasteiger partial charge on any atom is 0.332 e. The van der Waals surface area contributed by atoms with Crippen LogP contribution in [0.4, 0.5) is 0 Å². The number of aliphatic hydroxyl groups excluding tert-OH is 3. The van der Waals surface area contributed by atoms with Crippen LogP contribution in [0.3, 0.4) is 0 Å². The van der Waals surface area contributed by atoms with Crippen molar-refractivity contribution in [1.29, 1.82) is 0 Å². The second-order valence-corrected chi connectivity index (χ2v) is 28.4. The van der Waals surface area contributed by atoms with Crippen molar-refractivity contribution in [1.82, 2.24) is 112 Å². The number of unbranched alkanes of at least 4 members (excludes halogenated alkanes) is 1. The molecule has 0 aromatic carbocycles. The van der Waals surface area contributed by atoms with Crippen LogP contribution in [-0.2, 0) is 138 Å². The van der Waals surface area contributed by atoms with Crippen LogP contribution in [-0.4, -0.2) is 169 Å². The van der Waals surface area contributed by atoms with Crippen LogP contribution in [0.15, 0.2) is 95.4 Å². The SMILES string of the molecule is CC(=O)CCCCn1c(=O)c2c(ncn2C)n(C)c1=O.O.[2H]C([2H])(CCCn1c(=O)c2c(ncn2C)n(C)c1=O)[C@H](C)O.[2H]c1nc2c(c(=O)n(CCCC([2H])([2H])C(C)=O)c(=O)n2C)n1C.[2H]c1nc2c(c(=O)n(CCCC([2H])([2H])C(C)=O)c(=O)n2C)n1C.[2H]c1nc2c(c(=O)n(CCCC([2H])([2H])[C@H](C)O)c(=O)n2C)n1C.[2H]c1nc2c(c(=O)n(CCCC([2H])([2H])[C@H](C)O)c(=O)n2C)n1C. The maximum absolute atomic E-state index is 12.5. The Bertz CT molecular complexity index is 6970. The summed E-state index contributed by atoms with van der Waals surface area (Å²) in [5.41, 5.74) is -3.44. The molecule has 12 aromatic rings. The quantitative estimate of drug-likeness (QED) is 0.0487. The Kier molecular flexibility index (Phi) is 27.9. The third-order valence-electron chi connectivity index (χ3n) is 19.0. The highest BCUT2D eigenvalue weighted by Crippen LogP contribution is 2.12. The lowest BCUT2D eigenvalue weighted by Crippen LogP contribution is -2.39. The fraction of sp³-hybridized carbons (Fsp3) is 0.577. The minimum Gasteiger partial charge on any atom is -0.412 e. The number of imidazole rings is 6. The summed E-state index contributed by atoms with van der Waals surface area (Å²) in [5.74, 6) is -1.05. The summed E-state index contributed by atoms with van der Waals surface area (Å²) in [7, 11) is 18.5. The van der Waals surface area contributed by atoms with Gasteiger partial charge in [-0.3, -0.25) is 83.6 Å². The number of hydrogen-bond acceptors (Lipinski definition) is 24. The van der Waals surface area contributed by atoms with Gasteiger partial charge < -0.3 is 62.6 Å². The van der Waals surface area contributed by atoms with E-state index in [0.29, 0.717) is 48.1 Å². The van der Waals surface area contributed by atoms with Crippen LogP contribution in [0.1, 0.15) is 176 Å². The van der Waals surface area contributed by atoms with E-state index in [2.05, 4.69) is 29.9 Å². The van der Waals surface area contributed by atoms with Gasteiger partial charge in [0.05, 0.1) is 56.2 Å². The first-order chi connectivity index (χ1) is 61.9. The zero-order valence-corrected chi connectivity index (χ0v) is 71.0. The molecule has 0 saturated carbocycles. The van der Waals surface area contributed by atoms with Crippen molar-refractivity contribution in [3.63, 3.8) is 0 Å². The molecular formula is C78H116N24O19. The molecule has 12 heterocycles. The van der Waals surface area contributed by atoms with Crippen LogP contribution in [0, 0.1) is 0 Å². The smallest absolute Gasteiger partial charge is 0.332 e. The molecule has 12 aromatic heterocycles. The van der Waals surface area contributed by atoms with E-state index in [1.54, 1.807) is 37.3 Å². The Hall–Kier alpha value is -12.2. The van der Waals surface area contributed by atoms with Crippen LogP contribution in [0.5, 0.6) is 0 Å². The lowest BCUT2D eigenvalue weighted by Gasteiger charge is -2.09. The second-order valence-electron chi connectivity index (χ2n) is 28.4. The molecule has 0 unspecified atom stereocenters. The van der Waals surface area contributed by atoms with Crippen LogP contribution in [0.25, 0.3) is 67.0 Å². The molecule has 43 nitrogen and oxygen atoms in total. The molecule has 43 heteroatoms. The Labute approximate surface area is 710 Å². The third-order valence-corrected chi connectivity index (χ3v) is 19.0. The van der Waals surface area contributed by atoms with E-state index in [0.717, 1.165) is 22.8 Å². The minimum atomic E-state index is -1.97. The number of carbonyl (C=O) groups excluding carboxylic acids is 3. The summed E-state index contributed by atoms with van der Waals surface area (Å²) in [6.45, 7) is 8.45. The van der Waals surface area contributed by atoms with Gasteiger partial charge in [-0.15, -0.1) is 0 Å². The highest BCUT2D eigenvalue weighted by molar-refractivity contribution is 5.77. The molecule has 662 valence electrons. The zero-order chi connectivity index (χ0) is 102. The molecular weight excluding hydrogens is 1580 g/mol. The van der Waals surface area contributed by atoms with Gasteiger partial charge in [-0.1, -0.05) is 0 Å². The number of rotatable bonds is 30. The Balaban J connectivity index is 0.000000249. The van der Waals surface area contributed by atoms with E-state index in [4.69, 9.17) is 19.2 Å². The van der Waals surface area contributed by atoms with Crippen molar-refractivity contribution in [3.8, 4) is 0 Å². The van der Waals surface area contributed by atoms with Crippen LogP contribution in [0.2, 0.25) is 0 Å². The summed E-state index contributed by atoms with van der Waals surface area (Å²) in [4.78, 5) is 205. The molecule has 121 heavy (non-hydrogen) atoms. The predicted molar refractivity (Wildman–Crippen MR) is 455 cm³/mol. The van der Waals surface area contributed by atoms with Gasteiger partial charge in [0.2, 0.25) is 0 Å². The molecule has 3 atom stereocenters. The van der Waals surface area contributed by atoms with Gasteiger partial charge in [-0.05, 0) is 138 Å². The number of aryl methyl sites for hydroxylation is 12. The number of carbonyl (C=O) groups is 3. The van der Waals surface area contributed by atoms with Gasteiger partial charge in [0.15, 0.2) is 67.0 Å². The van der Waals surface area contributed by atoms with Crippen molar-refractivity contribution in [2.45, 2.75) is 214 Å². The first kappa shape index (κ1) is 77.4. The highest BCUT2D eigenvalue weighted by Gasteiger charge is 2.22. The normalized spacial score (nSPS) is 14.3. The van der Waals surface area contributed by atoms with E-state index < -0.39 is 118 Å². The maximum atomic E-state index is 12.5. The van der Waals surface area contributed by atoms with Crippen LogP contribution >= 0.6 is 0 Å². The fourth-order valence-electron chi connectivity index (χ4n) is 12.6. The molecule has 0 aliphatic rings. The Morgan fingerprint density at radius 3 is 0.694 bits per heavy atom. The zero-order valence-electron chi connectivity index (χ0n) is 85.0. The van der Waals surface area contributed by atoms with Crippen LogP contribution < -0.4 is 67.5 Å². The molecule has 0 amide bonds. The monoisotopic (exact) mass is 1710 g/mol. The summed E-state index contributed by atoms with van der Waals surface area (Å²) in [5, 5.41) is 28.1. The van der Waals surface area contributed by atoms with Crippen molar-refractivity contribution >= 4 is 84.3 Å². The molecule has 0 bridgehead atoms. The number of Topliss-reactive ketones (excluding diaryl/α,β-unsaturated/α-hetero) is 3. The van der Waals surface area contributed by atoms with Crippen molar-refractivity contribution in [2.75, 3.05) is 0 Å². The number of aromatic nitrogens is 24. The van der Waals surface area contributed by atoms with Crippen molar-refractivity contribution < 1.29 is 54.4 Å². The average molecular weight is 1710 g/mol. The van der Waals surface area contributed by atoms with Gasteiger partial charge in [-0.25, -0.2) is 58.7 Å². The molecule has 12 rings (SSSR count). The molecule has 5 N–H and O–H groups in total. The van der Waals surface area contributed by atoms with Gasteiger partial charge in [0.25, 0.3) is 33.4 Å². The lowest BCUT2D eigenvalue weighted by molar-refractivity contribution is -0.118. The van der Waals surface area contributed by atoms with E-state index in [9.17, 15) is 87.2 Å². The van der Waals surface area contributed by atoms with Crippen molar-refractivity contribution in [3.05, 3.63) is 163 Å². The first-order valence-corrected chi connectivity index (χ1v) is 38.2.